The van der Waals surface area contributed by atoms with Gasteiger partial charge in [-0.15, -0.1) is 0 Å². The summed E-state index contributed by atoms with van der Waals surface area (Å²) in [5.41, 5.74) is 10.9. The van der Waals surface area contributed by atoms with E-state index in [9.17, 15) is 9.59 Å². The Balaban J connectivity index is 1.25. The van der Waals surface area contributed by atoms with E-state index in [-0.39, 0.29) is 11.8 Å². The highest BCUT2D eigenvalue weighted by Gasteiger charge is 2.29. The molecule has 0 radical (unpaired) electrons. The standard InChI is InChI=1S/C31H45N5O3/c1-22-18-29(14-11-26(22)21-36-16-15-33-23(2)20-36)35(3)30(37)25-9-12-27(13-10-25)34-28-8-4-6-24(19-28)7-5-17-39-31(32)38/h4,6,8,11,14,18-19,23,25,27,33-34H,5,7,9-10,12-13,15-17,20-21H2,1-3H3,(H2,32,38)/t23-,25?,27?/m0/s1. The van der Waals surface area contributed by atoms with Gasteiger partial charge in [0, 0.05) is 62.6 Å². The van der Waals surface area contributed by atoms with Gasteiger partial charge in [-0.1, -0.05) is 18.2 Å². The molecule has 2 aliphatic rings. The molecule has 0 spiro atoms. The highest BCUT2D eigenvalue weighted by Crippen LogP contribution is 2.30. The number of hydrogen-bond acceptors (Lipinski definition) is 6. The molecule has 0 unspecified atom stereocenters. The molecular formula is C31H45N5O3. The Labute approximate surface area is 233 Å². The Morgan fingerprint density at radius 2 is 1.95 bits per heavy atom. The maximum atomic E-state index is 13.4. The van der Waals surface area contributed by atoms with E-state index in [0.29, 0.717) is 18.7 Å². The number of nitrogens with one attached hydrogen (secondary N) is 2. The molecule has 1 atom stereocenters. The van der Waals surface area contributed by atoms with Crippen molar-refractivity contribution in [2.45, 2.75) is 71.0 Å². The number of hydrogen-bond donors (Lipinski definition) is 3. The molecule has 1 saturated heterocycles. The van der Waals surface area contributed by atoms with Gasteiger partial charge < -0.3 is 26.0 Å². The van der Waals surface area contributed by atoms with Crippen LogP contribution in [0.1, 0.15) is 55.7 Å². The zero-order chi connectivity index (χ0) is 27.8. The van der Waals surface area contributed by atoms with E-state index in [1.165, 1.54) is 16.7 Å². The minimum Gasteiger partial charge on any atom is -0.450 e. The zero-order valence-electron chi connectivity index (χ0n) is 23.7. The summed E-state index contributed by atoms with van der Waals surface area (Å²) in [6.07, 6.45) is 4.57. The minimum absolute atomic E-state index is 0.0620. The SMILES string of the molecule is Cc1cc(N(C)C(=O)C2CCC(Nc3cccc(CCCOC(N)=O)c3)CC2)ccc1CN1CCN[C@@H](C)C1. The van der Waals surface area contributed by atoms with Crippen LogP contribution in [0.25, 0.3) is 0 Å². The van der Waals surface area contributed by atoms with E-state index in [0.717, 1.165) is 76.1 Å². The number of benzene rings is 2. The van der Waals surface area contributed by atoms with Gasteiger partial charge in [-0.25, -0.2) is 4.79 Å². The van der Waals surface area contributed by atoms with E-state index in [4.69, 9.17) is 10.5 Å². The average molecular weight is 536 g/mol. The van der Waals surface area contributed by atoms with Crippen LogP contribution in [0, 0.1) is 12.8 Å². The first-order chi connectivity index (χ1) is 18.8. The normalized spacial score (nSPS) is 21.8. The number of ether oxygens (including phenoxy) is 1. The van der Waals surface area contributed by atoms with Crippen molar-refractivity contribution in [2.24, 2.45) is 11.7 Å². The molecule has 2 aromatic rings. The molecule has 2 fully saturated rings. The molecule has 1 aliphatic heterocycles. The van der Waals surface area contributed by atoms with E-state index in [2.05, 4.69) is 65.8 Å². The topological polar surface area (TPSA) is 99.9 Å². The lowest BCUT2D eigenvalue weighted by Crippen LogP contribution is -2.48. The lowest BCUT2D eigenvalue weighted by atomic mass is 9.85. The van der Waals surface area contributed by atoms with Gasteiger partial charge in [-0.05, 0) is 93.3 Å². The smallest absolute Gasteiger partial charge is 0.404 e. The number of nitrogens with zero attached hydrogens (tertiary/aromatic N) is 2. The monoisotopic (exact) mass is 535 g/mol. The first kappa shape index (κ1) is 28.9. The van der Waals surface area contributed by atoms with Crippen molar-refractivity contribution >= 4 is 23.4 Å². The molecule has 1 heterocycles. The Morgan fingerprint density at radius 3 is 2.67 bits per heavy atom. The van der Waals surface area contributed by atoms with Crippen molar-refractivity contribution in [1.82, 2.24) is 10.2 Å². The van der Waals surface area contributed by atoms with Crippen LogP contribution in [0.4, 0.5) is 16.2 Å². The van der Waals surface area contributed by atoms with Crippen LogP contribution in [0.2, 0.25) is 0 Å². The van der Waals surface area contributed by atoms with Gasteiger partial charge in [0.1, 0.15) is 0 Å². The second-order valence-corrected chi connectivity index (χ2v) is 11.3. The number of primary amides is 1. The Morgan fingerprint density at radius 1 is 1.15 bits per heavy atom. The molecule has 212 valence electrons. The highest BCUT2D eigenvalue weighted by atomic mass is 16.5. The predicted molar refractivity (Wildman–Crippen MR) is 157 cm³/mol. The highest BCUT2D eigenvalue weighted by molar-refractivity contribution is 5.94. The van der Waals surface area contributed by atoms with Gasteiger partial charge in [0.05, 0.1) is 6.61 Å². The van der Waals surface area contributed by atoms with Gasteiger partial charge in [-0.3, -0.25) is 9.69 Å². The molecule has 1 aliphatic carbocycles. The first-order valence-corrected chi connectivity index (χ1v) is 14.4. The third-order valence-corrected chi connectivity index (χ3v) is 8.12. The number of rotatable bonds is 10. The van der Waals surface area contributed by atoms with Crippen LogP contribution < -0.4 is 21.3 Å². The quantitative estimate of drug-likeness (QED) is 0.389. The van der Waals surface area contributed by atoms with Crippen molar-refractivity contribution in [3.8, 4) is 0 Å². The molecule has 2 amide bonds. The van der Waals surface area contributed by atoms with Crippen molar-refractivity contribution in [3.05, 3.63) is 59.2 Å². The van der Waals surface area contributed by atoms with Crippen LogP contribution >= 0.6 is 0 Å². The second kappa shape index (κ2) is 13.8. The Bertz CT molecular complexity index is 1120. The number of anilines is 2. The molecule has 0 aromatic heterocycles. The maximum Gasteiger partial charge on any atom is 0.404 e. The van der Waals surface area contributed by atoms with Crippen LogP contribution in [0.15, 0.2) is 42.5 Å². The second-order valence-electron chi connectivity index (χ2n) is 11.3. The number of amides is 2. The fraction of sp³-hybridized carbons (Fsp3) is 0.548. The third kappa shape index (κ3) is 8.44. The van der Waals surface area contributed by atoms with Crippen LogP contribution in [-0.2, 0) is 22.5 Å². The average Bonchev–Trinajstić information content (AvgIpc) is 2.92. The minimum atomic E-state index is -0.727. The van der Waals surface area contributed by atoms with Crippen molar-refractivity contribution in [2.75, 3.05) is 43.5 Å². The van der Waals surface area contributed by atoms with Crippen molar-refractivity contribution in [3.63, 3.8) is 0 Å². The third-order valence-electron chi connectivity index (χ3n) is 8.12. The fourth-order valence-electron chi connectivity index (χ4n) is 5.85. The molecule has 4 rings (SSSR count). The summed E-state index contributed by atoms with van der Waals surface area (Å²) >= 11 is 0. The fourth-order valence-corrected chi connectivity index (χ4v) is 5.85. The molecule has 8 nitrogen and oxygen atoms in total. The lowest BCUT2D eigenvalue weighted by Gasteiger charge is -2.33. The van der Waals surface area contributed by atoms with Crippen LogP contribution in [0.5, 0.6) is 0 Å². The number of nitrogens with two attached hydrogens (primary N) is 1. The summed E-state index contributed by atoms with van der Waals surface area (Å²) in [6.45, 7) is 8.85. The van der Waals surface area contributed by atoms with Gasteiger partial charge >= 0.3 is 6.09 Å². The van der Waals surface area contributed by atoms with Crippen molar-refractivity contribution in [1.29, 1.82) is 0 Å². The molecule has 0 bridgehead atoms. The number of piperazine rings is 1. The summed E-state index contributed by atoms with van der Waals surface area (Å²) in [4.78, 5) is 28.5. The summed E-state index contributed by atoms with van der Waals surface area (Å²) in [5, 5.41) is 7.16. The van der Waals surface area contributed by atoms with E-state index < -0.39 is 6.09 Å². The number of aryl methyl sites for hydroxylation is 2. The summed E-state index contributed by atoms with van der Waals surface area (Å²) in [5.74, 6) is 0.281. The van der Waals surface area contributed by atoms with Gasteiger partial charge in [0.15, 0.2) is 0 Å². The van der Waals surface area contributed by atoms with E-state index >= 15 is 0 Å². The number of carbonyl (C=O) groups excluding carboxylic acids is 2. The van der Waals surface area contributed by atoms with Crippen LogP contribution in [-0.4, -0.2) is 62.3 Å². The maximum absolute atomic E-state index is 13.4. The molecule has 1 saturated carbocycles. The summed E-state index contributed by atoms with van der Waals surface area (Å²) < 4.78 is 4.82. The predicted octanol–water partition coefficient (Wildman–Crippen LogP) is 4.45. The molecular weight excluding hydrogens is 490 g/mol. The number of carbonyl (C=O) groups is 2. The van der Waals surface area contributed by atoms with E-state index in [1.807, 2.05) is 18.0 Å². The Hall–Kier alpha value is -3.10. The van der Waals surface area contributed by atoms with Crippen molar-refractivity contribution < 1.29 is 14.3 Å². The lowest BCUT2D eigenvalue weighted by molar-refractivity contribution is -0.123. The molecule has 8 heteroatoms. The molecule has 4 N–H and O–H groups in total. The van der Waals surface area contributed by atoms with Gasteiger partial charge in [0.2, 0.25) is 5.91 Å². The summed E-state index contributed by atoms with van der Waals surface area (Å²) in [6, 6.07) is 15.7. The van der Waals surface area contributed by atoms with Gasteiger partial charge in [-0.2, -0.15) is 0 Å². The zero-order valence-corrected chi connectivity index (χ0v) is 23.7. The first-order valence-electron chi connectivity index (χ1n) is 14.4. The largest absolute Gasteiger partial charge is 0.450 e. The summed E-state index contributed by atoms with van der Waals surface area (Å²) in [7, 11) is 1.92. The van der Waals surface area contributed by atoms with Crippen LogP contribution in [0.3, 0.4) is 0 Å². The van der Waals surface area contributed by atoms with E-state index in [1.54, 1.807) is 0 Å². The Kier molecular flexibility index (Phi) is 10.2. The van der Waals surface area contributed by atoms with Gasteiger partial charge in [0.25, 0.3) is 0 Å². The molecule has 39 heavy (non-hydrogen) atoms. The molecule has 2 aromatic carbocycles.